The Morgan fingerprint density at radius 3 is 2.33 bits per heavy atom. The first-order valence-corrected chi connectivity index (χ1v) is 7.41. The van der Waals surface area contributed by atoms with Gasteiger partial charge in [0.25, 0.3) is 0 Å². The van der Waals surface area contributed by atoms with E-state index in [4.69, 9.17) is 23.2 Å². The minimum atomic E-state index is 0.287. The first-order chi connectivity index (χ1) is 8.47. The van der Waals surface area contributed by atoms with Crippen molar-refractivity contribution in [2.45, 2.75) is 40.2 Å². The summed E-state index contributed by atoms with van der Waals surface area (Å²) in [4.78, 5) is 0. The van der Waals surface area contributed by atoms with E-state index >= 15 is 0 Å². The Kier molecular flexibility index (Phi) is 6.48. The molecule has 1 aromatic carbocycles. The van der Waals surface area contributed by atoms with Crippen molar-refractivity contribution in [2.75, 3.05) is 6.54 Å². The molecule has 0 spiro atoms. The van der Waals surface area contributed by atoms with Crippen molar-refractivity contribution in [1.82, 2.24) is 5.32 Å². The monoisotopic (exact) mass is 287 g/mol. The maximum Gasteiger partial charge on any atom is 0.0468 e. The zero-order valence-electron chi connectivity index (χ0n) is 11.6. The maximum absolute atomic E-state index is 6.33. The van der Waals surface area contributed by atoms with Gasteiger partial charge in [0.1, 0.15) is 0 Å². The number of nitrogens with one attached hydrogen (secondary N) is 1. The molecule has 1 rings (SSSR count). The van der Waals surface area contributed by atoms with Gasteiger partial charge in [0, 0.05) is 16.1 Å². The molecule has 18 heavy (non-hydrogen) atoms. The van der Waals surface area contributed by atoms with Gasteiger partial charge in [-0.05, 0) is 42.5 Å². The van der Waals surface area contributed by atoms with Crippen molar-refractivity contribution in [3.05, 3.63) is 33.8 Å². The van der Waals surface area contributed by atoms with Crippen LogP contribution in [0.2, 0.25) is 10.0 Å². The van der Waals surface area contributed by atoms with Crippen LogP contribution in [0.3, 0.4) is 0 Å². The van der Waals surface area contributed by atoms with E-state index in [0.717, 1.165) is 23.6 Å². The van der Waals surface area contributed by atoms with Crippen LogP contribution >= 0.6 is 23.2 Å². The van der Waals surface area contributed by atoms with Crippen molar-refractivity contribution in [3.63, 3.8) is 0 Å². The molecule has 0 saturated carbocycles. The van der Waals surface area contributed by atoms with Crippen molar-refractivity contribution in [2.24, 2.45) is 11.8 Å². The van der Waals surface area contributed by atoms with Crippen LogP contribution in [0.1, 0.15) is 45.7 Å². The van der Waals surface area contributed by atoms with Gasteiger partial charge in [-0.25, -0.2) is 0 Å². The predicted octanol–water partition coefficient (Wildman–Crippen LogP) is 5.33. The van der Waals surface area contributed by atoms with Crippen molar-refractivity contribution in [3.8, 4) is 0 Å². The molecule has 1 N–H and O–H groups in total. The van der Waals surface area contributed by atoms with Gasteiger partial charge in [-0.1, -0.05) is 57.0 Å². The third-order valence-electron chi connectivity index (χ3n) is 3.49. The molecule has 0 bridgehead atoms. The fraction of sp³-hybridized carbons (Fsp3) is 0.600. The van der Waals surface area contributed by atoms with E-state index in [9.17, 15) is 0 Å². The smallest absolute Gasteiger partial charge is 0.0468 e. The van der Waals surface area contributed by atoms with Crippen molar-refractivity contribution in [1.29, 1.82) is 0 Å². The molecule has 0 saturated heterocycles. The lowest BCUT2D eigenvalue weighted by molar-refractivity contribution is 0.304. The average molecular weight is 288 g/mol. The zero-order chi connectivity index (χ0) is 13.7. The lowest BCUT2D eigenvalue weighted by Crippen LogP contribution is -2.30. The number of benzene rings is 1. The molecule has 2 unspecified atom stereocenters. The molecule has 102 valence electrons. The Morgan fingerprint density at radius 1 is 1.17 bits per heavy atom. The molecule has 1 aromatic rings. The van der Waals surface area contributed by atoms with Crippen LogP contribution in [0.25, 0.3) is 0 Å². The molecule has 0 aliphatic rings. The van der Waals surface area contributed by atoms with Crippen LogP contribution in [-0.2, 0) is 0 Å². The molecule has 0 aliphatic heterocycles. The van der Waals surface area contributed by atoms with Crippen LogP contribution in [0.5, 0.6) is 0 Å². The highest BCUT2D eigenvalue weighted by molar-refractivity contribution is 6.35. The van der Waals surface area contributed by atoms with E-state index in [1.165, 1.54) is 0 Å². The minimum Gasteiger partial charge on any atom is -0.310 e. The molecule has 2 atom stereocenters. The average Bonchev–Trinajstić information content (AvgIpc) is 2.31. The second kappa shape index (κ2) is 7.37. The lowest BCUT2D eigenvalue weighted by atomic mass is 9.86. The lowest BCUT2D eigenvalue weighted by Gasteiger charge is -2.29. The van der Waals surface area contributed by atoms with Crippen LogP contribution in [-0.4, -0.2) is 6.54 Å². The van der Waals surface area contributed by atoms with Gasteiger partial charge in [-0.3, -0.25) is 0 Å². The predicted molar refractivity (Wildman–Crippen MR) is 81.5 cm³/mol. The van der Waals surface area contributed by atoms with Crippen LogP contribution in [0.15, 0.2) is 18.2 Å². The van der Waals surface area contributed by atoms with Crippen LogP contribution in [0.4, 0.5) is 0 Å². The molecule has 0 fully saturated rings. The van der Waals surface area contributed by atoms with Gasteiger partial charge in [-0.2, -0.15) is 0 Å². The Balaban J connectivity index is 3.00. The van der Waals surface area contributed by atoms with Gasteiger partial charge in [-0.15, -0.1) is 0 Å². The van der Waals surface area contributed by atoms with Crippen molar-refractivity contribution < 1.29 is 0 Å². The molecule has 0 radical (unpaired) electrons. The first kappa shape index (κ1) is 15.8. The van der Waals surface area contributed by atoms with E-state index in [-0.39, 0.29) is 6.04 Å². The van der Waals surface area contributed by atoms with Gasteiger partial charge in [0.05, 0.1) is 0 Å². The Bertz CT molecular complexity index is 377. The van der Waals surface area contributed by atoms with Crippen LogP contribution < -0.4 is 5.32 Å². The standard InChI is InChI=1S/C15H23Cl2N/c1-5-8-18-15(11(4)10(2)3)13-7-6-12(16)9-14(13)17/h6-7,9-11,15,18H,5,8H2,1-4H3. The Hall–Kier alpha value is -0.240. The third-order valence-corrected chi connectivity index (χ3v) is 4.05. The fourth-order valence-corrected chi connectivity index (χ4v) is 2.54. The normalized spacial score (nSPS) is 14.8. The van der Waals surface area contributed by atoms with Crippen LogP contribution in [0, 0.1) is 11.8 Å². The highest BCUT2D eigenvalue weighted by atomic mass is 35.5. The summed E-state index contributed by atoms with van der Waals surface area (Å²) in [6.45, 7) is 9.93. The molecule has 0 aliphatic carbocycles. The highest BCUT2D eigenvalue weighted by Gasteiger charge is 2.23. The Morgan fingerprint density at radius 2 is 1.83 bits per heavy atom. The number of halogens is 2. The van der Waals surface area contributed by atoms with Gasteiger partial charge >= 0.3 is 0 Å². The number of hydrogen-bond acceptors (Lipinski definition) is 1. The molecule has 3 heteroatoms. The summed E-state index contributed by atoms with van der Waals surface area (Å²) in [5, 5.41) is 5.04. The zero-order valence-corrected chi connectivity index (χ0v) is 13.1. The summed E-state index contributed by atoms with van der Waals surface area (Å²) in [5.74, 6) is 1.13. The largest absolute Gasteiger partial charge is 0.310 e. The van der Waals surface area contributed by atoms with E-state index in [2.05, 4.69) is 33.0 Å². The van der Waals surface area contributed by atoms with E-state index in [1.807, 2.05) is 18.2 Å². The molecule has 0 heterocycles. The summed E-state index contributed by atoms with van der Waals surface area (Å²) in [6, 6.07) is 6.06. The summed E-state index contributed by atoms with van der Waals surface area (Å²) in [5.41, 5.74) is 1.15. The second-order valence-corrected chi connectivity index (χ2v) is 6.04. The first-order valence-electron chi connectivity index (χ1n) is 6.65. The molecular weight excluding hydrogens is 265 g/mol. The van der Waals surface area contributed by atoms with E-state index in [1.54, 1.807) is 0 Å². The third kappa shape index (κ3) is 4.15. The van der Waals surface area contributed by atoms with Gasteiger partial charge in [0.2, 0.25) is 0 Å². The van der Waals surface area contributed by atoms with E-state index in [0.29, 0.717) is 16.9 Å². The maximum atomic E-state index is 6.33. The SMILES string of the molecule is CCCNC(c1ccc(Cl)cc1Cl)C(C)C(C)C. The van der Waals surface area contributed by atoms with E-state index < -0.39 is 0 Å². The minimum absolute atomic E-state index is 0.287. The van der Waals surface area contributed by atoms with Crippen molar-refractivity contribution >= 4 is 23.2 Å². The topological polar surface area (TPSA) is 12.0 Å². The second-order valence-electron chi connectivity index (χ2n) is 5.20. The summed E-state index contributed by atoms with van der Waals surface area (Å²) < 4.78 is 0. The van der Waals surface area contributed by atoms with Gasteiger partial charge in [0.15, 0.2) is 0 Å². The Labute approximate surface area is 121 Å². The number of hydrogen-bond donors (Lipinski definition) is 1. The quantitative estimate of drug-likeness (QED) is 0.746. The summed E-state index contributed by atoms with van der Waals surface area (Å²) in [6.07, 6.45) is 1.12. The fourth-order valence-electron chi connectivity index (χ4n) is 2.02. The number of rotatable bonds is 6. The summed E-state index contributed by atoms with van der Waals surface area (Å²) in [7, 11) is 0. The highest BCUT2D eigenvalue weighted by Crippen LogP contribution is 2.33. The molecule has 1 nitrogen and oxygen atoms in total. The molecule has 0 amide bonds. The molecular formula is C15H23Cl2N. The molecule has 0 aromatic heterocycles. The summed E-state index contributed by atoms with van der Waals surface area (Å²) >= 11 is 12.3. The van der Waals surface area contributed by atoms with Gasteiger partial charge < -0.3 is 5.32 Å².